The Bertz CT molecular complexity index is 579. The van der Waals surface area contributed by atoms with Crippen LogP contribution in [0.1, 0.15) is 77.6 Å². The average Bonchev–Trinajstić information content (AvgIpc) is 2.87. The van der Waals surface area contributed by atoms with Gasteiger partial charge >= 0.3 is 0 Å². The van der Waals surface area contributed by atoms with Crippen LogP contribution in [-0.4, -0.2) is 34.1 Å². The Morgan fingerprint density at radius 3 is 2.68 bits per heavy atom. The Labute approximate surface area is 169 Å². The number of ketones is 1. The highest BCUT2D eigenvalue weighted by Gasteiger charge is 2.42. The highest BCUT2D eigenvalue weighted by Crippen LogP contribution is 2.48. The van der Waals surface area contributed by atoms with Crippen LogP contribution in [0, 0.1) is 17.3 Å². The largest absolute Gasteiger partial charge is 0.392 e. The van der Waals surface area contributed by atoms with Crippen LogP contribution in [0.2, 0.25) is 0 Å². The third kappa shape index (κ3) is 6.02. The molecule has 28 heavy (non-hydrogen) atoms. The topological polar surface area (TPSA) is 101 Å². The molecule has 0 bridgehead atoms. The van der Waals surface area contributed by atoms with Gasteiger partial charge in [0.2, 0.25) is 5.91 Å². The van der Waals surface area contributed by atoms with Gasteiger partial charge in [0.1, 0.15) is 5.78 Å². The molecule has 5 heteroatoms. The predicted octanol–water partition coefficient (Wildman–Crippen LogP) is 3.43. The van der Waals surface area contributed by atoms with Gasteiger partial charge in [0, 0.05) is 24.7 Å². The number of unbranched alkanes of at least 4 members (excludes halogenated alkanes) is 1. The van der Waals surface area contributed by atoms with Crippen molar-refractivity contribution in [3.63, 3.8) is 0 Å². The van der Waals surface area contributed by atoms with Crippen molar-refractivity contribution in [1.82, 2.24) is 0 Å². The van der Waals surface area contributed by atoms with Gasteiger partial charge in [-0.15, -0.1) is 0 Å². The maximum absolute atomic E-state index is 12.3. The Kier molecular flexibility index (Phi) is 8.90. The van der Waals surface area contributed by atoms with E-state index >= 15 is 0 Å². The fraction of sp³-hybridized carbons (Fsp3) is 0.739. The Hall–Kier alpha value is -1.46. The van der Waals surface area contributed by atoms with E-state index in [1.807, 2.05) is 24.3 Å². The summed E-state index contributed by atoms with van der Waals surface area (Å²) >= 11 is 0. The maximum Gasteiger partial charge on any atom is 0.217 e. The first kappa shape index (κ1) is 22.8. The quantitative estimate of drug-likeness (QED) is 0.350. The molecule has 0 aromatic heterocycles. The van der Waals surface area contributed by atoms with Gasteiger partial charge in [-0.05, 0) is 50.4 Å². The molecule has 4 atom stereocenters. The Morgan fingerprint density at radius 1 is 1.32 bits per heavy atom. The normalized spacial score (nSPS) is 28.1. The van der Waals surface area contributed by atoms with Crippen LogP contribution < -0.4 is 5.73 Å². The summed E-state index contributed by atoms with van der Waals surface area (Å²) in [5.74, 6) is -0.578. The van der Waals surface area contributed by atoms with Crippen molar-refractivity contribution in [2.24, 2.45) is 23.0 Å². The third-order valence-corrected chi connectivity index (χ3v) is 6.61. The Balaban J connectivity index is 1.85. The van der Waals surface area contributed by atoms with Crippen molar-refractivity contribution in [2.75, 3.05) is 0 Å². The van der Waals surface area contributed by atoms with Crippen molar-refractivity contribution < 1.29 is 19.8 Å². The first-order valence-corrected chi connectivity index (χ1v) is 10.9. The second-order valence-electron chi connectivity index (χ2n) is 8.63. The van der Waals surface area contributed by atoms with Crippen LogP contribution in [0.5, 0.6) is 0 Å². The zero-order chi connectivity index (χ0) is 20.6. The third-order valence-electron chi connectivity index (χ3n) is 6.61. The maximum atomic E-state index is 12.3. The number of carbonyl (C=O) groups excluding carboxylic acids is 2. The summed E-state index contributed by atoms with van der Waals surface area (Å²) < 4.78 is 0. The summed E-state index contributed by atoms with van der Waals surface area (Å²) in [6, 6.07) is 0. The van der Waals surface area contributed by atoms with E-state index in [2.05, 4.69) is 6.92 Å². The van der Waals surface area contributed by atoms with E-state index in [0.29, 0.717) is 25.7 Å². The van der Waals surface area contributed by atoms with Gasteiger partial charge in [0.05, 0.1) is 12.2 Å². The van der Waals surface area contributed by atoms with Crippen molar-refractivity contribution >= 4 is 11.7 Å². The molecule has 2 fully saturated rings. The number of hydrogen-bond acceptors (Lipinski definition) is 4. The van der Waals surface area contributed by atoms with E-state index in [0.717, 1.165) is 32.1 Å². The second kappa shape index (κ2) is 10.9. The van der Waals surface area contributed by atoms with Gasteiger partial charge in [-0.25, -0.2) is 0 Å². The van der Waals surface area contributed by atoms with Gasteiger partial charge in [-0.2, -0.15) is 0 Å². The number of amides is 1. The van der Waals surface area contributed by atoms with Crippen LogP contribution in [0.25, 0.3) is 0 Å². The molecule has 0 saturated heterocycles. The molecule has 0 radical (unpaired) electrons. The lowest BCUT2D eigenvalue weighted by Gasteiger charge is -2.45. The summed E-state index contributed by atoms with van der Waals surface area (Å²) in [5.41, 5.74) is 5.20. The number of hydrogen-bond donors (Lipinski definition) is 3. The number of rotatable bonds is 12. The molecule has 2 saturated carbocycles. The number of nitrogens with two attached hydrogens (primary N) is 1. The molecule has 5 nitrogen and oxygen atoms in total. The molecular formula is C23H37NO4. The van der Waals surface area contributed by atoms with Crippen molar-refractivity contribution in [2.45, 2.75) is 89.8 Å². The lowest BCUT2D eigenvalue weighted by molar-refractivity contribution is -0.121. The molecule has 2 aliphatic carbocycles. The monoisotopic (exact) mass is 391 g/mol. The average molecular weight is 392 g/mol. The van der Waals surface area contributed by atoms with Crippen molar-refractivity contribution in [3.8, 4) is 0 Å². The molecule has 4 N–H and O–H groups in total. The first-order valence-electron chi connectivity index (χ1n) is 10.9. The number of aliphatic hydroxyl groups excluding tert-OH is 2. The predicted molar refractivity (Wildman–Crippen MR) is 110 cm³/mol. The number of carbonyl (C=O) groups is 2. The molecular weight excluding hydrogens is 354 g/mol. The lowest BCUT2D eigenvalue weighted by Crippen LogP contribution is -2.41. The fourth-order valence-corrected chi connectivity index (χ4v) is 4.78. The number of primary amides is 1. The van der Waals surface area contributed by atoms with E-state index in [1.165, 1.54) is 6.42 Å². The summed E-state index contributed by atoms with van der Waals surface area (Å²) in [4.78, 5) is 23.0. The van der Waals surface area contributed by atoms with Crippen LogP contribution >= 0.6 is 0 Å². The number of aliphatic hydroxyl groups is 2. The SMILES string of the molecule is CCCC1(C(O)CC=C[C@H]2[C@H](O)CC(=O)[C@@H]2CC=CCCCC(N)=O)CCC1. The van der Waals surface area contributed by atoms with E-state index in [9.17, 15) is 19.8 Å². The smallest absolute Gasteiger partial charge is 0.217 e. The molecule has 0 aliphatic heterocycles. The van der Waals surface area contributed by atoms with E-state index in [-0.39, 0.29) is 41.5 Å². The summed E-state index contributed by atoms with van der Waals surface area (Å²) in [6.45, 7) is 2.16. The molecule has 2 rings (SSSR count). The standard InChI is InChI=1S/C23H37NO4/c1-2-13-23(14-8-15-23)21(27)11-7-10-18-17(19(25)16-20(18)26)9-5-3-4-6-12-22(24)28/h3,5,7,10,17-18,20-21,26-27H,2,4,6,8-9,11-16H2,1H3,(H2,24,28)/t17-,18-,20-,21?/m1/s1. The molecule has 2 aliphatic rings. The second-order valence-corrected chi connectivity index (χ2v) is 8.63. The first-order chi connectivity index (χ1) is 13.4. The van der Waals surface area contributed by atoms with Crippen molar-refractivity contribution in [1.29, 1.82) is 0 Å². The summed E-state index contributed by atoms with van der Waals surface area (Å²) in [5, 5.41) is 20.9. The Morgan fingerprint density at radius 2 is 2.07 bits per heavy atom. The van der Waals surface area contributed by atoms with Gasteiger partial charge in [-0.1, -0.05) is 44.1 Å². The molecule has 0 heterocycles. The fourth-order valence-electron chi connectivity index (χ4n) is 4.78. The van der Waals surface area contributed by atoms with Crippen LogP contribution in [0.3, 0.4) is 0 Å². The minimum absolute atomic E-state index is 0.0796. The number of allylic oxidation sites excluding steroid dienone is 2. The highest BCUT2D eigenvalue weighted by atomic mass is 16.3. The molecule has 1 amide bonds. The van der Waals surface area contributed by atoms with Gasteiger partial charge < -0.3 is 15.9 Å². The van der Waals surface area contributed by atoms with E-state index in [1.54, 1.807) is 0 Å². The molecule has 0 spiro atoms. The van der Waals surface area contributed by atoms with Crippen LogP contribution in [0.15, 0.2) is 24.3 Å². The zero-order valence-corrected chi connectivity index (χ0v) is 17.2. The van der Waals surface area contributed by atoms with E-state index in [4.69, 9.17) is 5.73 Å². The van der Waals surface area contributed by atoms with Crippen LogP contribution in [-0.2, 0) is 9.59 Å². The molecule has 0 aromatic rings. The number of Topliss-reactive ketones (excluding diaryl/α,β-unsaturated/α-hetero) is 1. The minimum atomic E-state index is -0.637. The molecule has 1 unspecified atom stereocenters. The molecule has 0 aromatic carbocycles. The zero-order valence-electron chi connectivity index (χ0n) is 17.2. The van der Waals surface area contributed by atoms with Gasteiger partial charge in [0.15, 0.2) is 0 Å². The molecule has 158 valence electrons. The minimum Gasteiger partial charge on any atom is -0.392 e. The van der Waals surface area contributed by atoms with Crippen molar-refractivity contribution in [3.05, 3.63) is 24.3 Å². The van der Waals surface area contributed by atoms with E-state index < -0.39 is 6.10 Å². The van der Waals surface area contributed by atoms with Crippen LogP contribution in [0.4, 0.5) is 0 Å². The highest BCUT2D eigenvalue weighted by molar-refractivity contribution is 5.84. The summed E-state index contributed by atoms with van der Waals surface area (Å²) in [6.07, 6.45) is 15.7. The van der Waals surface area contributed by atoms with Gasteiger partial charge in [0.25, 0.3) is 0 Å². The lowest BCUT2D eigenvalue weighted by atomic mass is 9.62. The van der Waals surface area contributed by atoms with Gasteiger partial charge in [-0.3, -0.25) is 9.59 Å². The summed E-state index contributed by atoms with van der Waals surface area (Å²) in [7, 11) is 0.